The first-order valence-corrected chi connectivity index (χ1v) is 7.91. The van der Waals surface area contributed by atoms with Gasteiger partial charge in [0.2, 0.25) is 0 Å². The van der Waals surface area contributed by atoms with Crippen LogP contribution in [0.4, 0.5) is 0 Å². The molecule has 0 fully saturated rings. The van der Waals surface area contributed by atoms with Gasteiger partial charge in [-0.05, 0) is 37.4 Å². The Labute approximate surface area is 124 Å². The Morgan fingerprint density at radius 2 is 2.05 bits per heavy atom. The third-order valence-corrected chi connectivity index (χ3v) is 4.52. The quantitative estimate of drug-likeness (QED) is 0.717. The van der Waals surface area contributed by atoms with E-state index in [1.165, 1.54) is 15.0 Å². The highest BCUT2D eigenvalue weighted by atomic mass is 32.1. The normalized spacial score (nSPS) is 12.9. The van der Waals surface area contributed by atoms with Crippen molar-refractivity contribution in [2.75, 3.05) is 33.5 Å². The van der Waals surface area contributed by atoms with Crippen LogP contribution in [0.1, 0.15) is 24.3 Å². The van der Waals surface area contributed by atoms with Crippen LogP contribution in [0.2, 0.25) is 0 Å². The van der Waals surface area contributed by atoms with Gasteiger partial charge in [-0.1, -0.05) is 18.2 Å². The minimum atomic E-state index is 0.395. The molecule has 2 aromatic rings. The average Bonchev–Trinajstić information content (AvgIpc) is 2.90. The van der Waals surface area contributed by atoms with Crippen molar-refractivity contribution in [1.82, 2.24) is 5.32 Å². The number of hydrogen-bond donors (Lipinski definition) is 1. The van der Waals surface area contributed by atoms with Crippen LogP contribution >= 0.6 is 11.3 Å². The van der Waals surface area contributed by atoms with Gasteiger partial charge in [0.15, 0.2) is 0 Å². The molecule has 4 heteroatoms. The van der Waals surface area contributed by atoms with Gasteiger partial charge in [-0.15, -0.1) is 11.3 Å². The van der Waals surface area contributed by atoms with Crippen molar-refractivity contribution in [1.29, 1.82) is 0 Å². The number of rotatable bonds is 9. The number of benzene rings is 1. The standard InChI is InChI=1S/C16H23NO2S/c1-13(17-8-5-9-19-11-10-18-2)16-12-14-6-3-4-7-15(14)20-16/h3-4,6-7,12-13,17H,5,8-11H2,1-2H3. The number of hydrogen-bond acceptors (Lipinski definition) is 4. The third-order valence-electron chi connectivity index (χ3n) is 3.22. The molecule has 20 heavy (non-hydrogen) atoms. The molecule has 0 aliphatic carbocycles. The van der Waals surface area contributed by atoms with Crippen LogP contribution in [-0.4, -0.2) is 33.5 Å². The zero-order valence-electron chi connectivity index (χ0n) is 12.2. The molecule has 2 rings (SSSR count). The van der Waals surface area contributed by atoms with Gasteiger partial charge in [-0.3, -0.25) is 0 Å². The molecule has 1 unspecified atom stereocenters. The second kappa shape index (κ2) is 8.37. The van der Waals surface area contributed by atoms with Crippen molar-refractivity contribution in [3.8, 4) is 0 Å². The number of methoxy groups -OCH3 is 1. The highest BCUT2D eigenvalue weighted by Crippen LogP contribution is 2.29. The SMILES string of the molecule is COCCOCCCNC(C)c1cc2ccccc2s1. The molecule has 0 aliphatic heterocycles. The van der Waals surface area contributed by atoms with Crippen molar-refractivity contribution >= 4 is 21.4 Å². The summed E-state index contributed by atoms with van der Waals surface area (Å²) < 4.78 is 11.7. The van der Waals surface area contributed by atoms with Gasteiger partial charge in [0.05, 0.1) is 13.2 Å². The minimum absolute atomic E-state index is 0.395. The molecule has 1 atom stereocenters. The second-order valence-electron chi connectivity index (χ2n) is 4.82. The summed E-state index contributed by atoms with van der Waals surface area (Å²) in [5.41, 5.74) is 0. The zero-order valence-corrected chi connectivity index (χ0v) is 13.0. The molecule has 1 aromatic heterocycles. The molecule has 0 amide bonds. The topological polar surface area (TPSA) is 30.5 Å². The van der Waals surface area contributed by atoms with Gasteiger partial charge in [-0.25, -0.2) is 0 Å². The fourth-order valence-corrected chi connectivity index (χ4v) is 3.14. The van der Waals surface area contributed by atoms with E-state index in [4.69, 9.17) is 9.47 Å². The molecule has 0 bridgehead atoms. The summed E-state index contributed by atoms with van der Waals surface area (Å²) in [6, 6.07) is 11.2. The van der Waals surface area contributed by atoms with Crippen molar-refractivity contribution in [3.05, 3.63) is 35.2 Å². The van der Waals surface area contributed by atoms with E-state index in [0.29, 0.717) is 19.3 Å². The van der Waals surface area contributed by atoms with E-state index < -0.39 is 0 Å². The Morgan fingerprint density at radius 3 is 2.85 bits per heavy atom. The predicted molar refractivity (Wildman–Crippen MR) is 85.6 cm³/mol. The maximum Gasteiger partial charge on any atom is 0.0700 e. The Hall–Kier alpha value is -0.940. The summed E-state index contributed by atoms with van der Waals surface area (Å²) in [7, 11) is 1.69. The molecule has 0 spiro atoms. The van der Waals surface area contributed by atoms with E-state index in [2.05, 4.69) is 42.6 Å². The largest absolute Gasteiger partial charge is 0.382 e. The summed E-state index contributed by atoms with van der Waals surface area (Å²) in [5, 5.41) is 4.89. The molecule has 110 valence electrons. The Kier molecular flexibility index (Phi) is 6.47. The molecule has 3 nitrogen and oxygen atoms in total. The van der Waals surface area contributed by atoms with Gasteiger partial charge in [-0.2, -0.15) is 0 Å². The Bertz CT molecular complexity index is 479. The molecule has 0 aliphatic rings. The lowest BCUT2D eigenvalue weighted by atomic mass is 10.2. The smallest absolute Gasteiger partial charge is 0.0700 e. The van der Waals surface area contributed by atoms with Gasteiger partial charge in [0.25, 0.3) is 0 Å². The number of thiophene rings is 1. The monoisotopic (exact) mass is 293 g/mol. The van der Waals surface area contributed by atoms with E-state index in [1.54, 1.807) is 7.11 Å². The van der Waals surface area contributed by atoms with E-state index >= 15 is 0 Å². The summed E-state index contributed by atoms with van der Waals surface area (Å²) in [6.07, 6.45) is 1.03. The van der Waals surface area contributed by atoms with Crippen molar-refractivity contribution in [2.45, 2.75) is 19.4 Å². The molecule has 1 aromatic carbocycles. The fourth-order valence-electron chi connectivity index (χ4n) is 2.05. The van der Waals surface area contributed by atoms with Gasteiger partial charge >= 0.3 is 0 Å². The van der Waals surface area contributed by atoms with Gasteiger partial charge in [0, 0.05) is 29.3 Å². The lowest BCUT2D eigenvalue weighted by Gasteiger charge is -2.11. The summed E-state index contributed by atoms with van der Waals surface area (Å²) in [6.45, 7) is 5.34. The average molecular weight is 293 g/mol. The summed E-state index contributed by atoms with van der Waals surface area (Å²) in [4.78, 5) is 1.39. The highest BCUT2D eigenvalue weighted by Gasteiger charge is 2.08. The van der Waals surface area contributed by atoms with Crippen LogP contribution < -0.4 is 5.32 Å². The second-order valence-corrected chi connectivity index (χ2v) is 5.94. The van der Waals surface area contributed by atoms with Crippen LogP contribution in [-0.2, 0) is 9.47 Å². The van der Waals surface area contributed by atoms with Crippen LogP contribution in [0.15, 0.2) is 30.3 Å². The highest BCUT2D eigenvalue weighted by molar-refractivity contribution is 7.19. The van der Waals surface area contributed by atoms with Crippen LogP contribution in [0.3, 0.4) is 0 Å². The molecular formula is C16H23NO2S. The molecule has 1 heterocycles. The van der Waals surface area contributed by atoms with Crippen molar-refractivity contribution < 1.29 is 9.47 Å². The first-order chi connectivity index (χ1) is 9.81. The predicted octanol–water partition coefficient (Wildman–Crippen LogP) is 3.61. The van der Waals surface area contributed by atoms with E-state index in [9.17, 15) is 0 Å². The van der Waals surface area contributed by atoms with Crippen LogP contribution in [0.25, 0.3) is 10.1 Å². The van der Waals surface area contributed by atoms with E-state index in [1.807, 2.05) is 11.3 Å². The van der Waals surface area contributed by atoms with Gasteiger partial charge < -0.3 is 14.8 Å². The number of fused-ring (bicyclic) bond motifs is 1. The molecular weight excluding hydrogens is 270 g/mol. The summed E-state index contributed by atoms with van der Waals surface area (Å²) >= 11 is 1.87. The van der Waals surface area contributed by atoms with Crippen LogP contribution in [0, 0.1) is 0 Å². The first kappa shape index (κ1) is 15.4. The third kappa shape index (κ3) is 4.56. The fraction of sp³-hybridized carbons (Fsp3) is 0.500. The lowest BCUT2D eigenvalue weighted by molar-refractivity contribution is 0.0693. The number of nitrogens with one attached hydrogen (secondary N) is 1. The van der Waals surface area contributed by atoms with Crippen molar-refractivity contribution in [2.24, 2.45) is 0 Å². The minimum Gasteiger partial charge on any atom is -0.382 e. The Balaban J connectivity index is 1.70. The van der Waals surface area contributed by atoms with E-state index in [0.717, 1.165) is 19.6 Å². The molecule has 1 N–H and O–H groups in total. The molecule has 0 saturated carbocycles. The first-order valence-electron chi connectivity index (χ1n) is 7.10. The maximum absolute atomic E-state index is 5.45. The summed E-state index contributed by atoms with van der Waals surface area (Å²) in [5.74, 6) is 0. The van der Waals surface area contributed by atoms with Gasteiger partial charge in [0.1, 0.15) is 0 Å². The zero-order chi connectivity index (χ0) is 14.2. The lowest BCUT2D eigenvalue weighted by Crippen LogP contribution is -2.20. The maximum atomic E-state index is 5.45. The Morgan fingerprint density at radius 1 is 1.20 bits per heavy atom. The van der Waals surface area contributed by atoms with Crippen molar-refractivity contribution in [3.63, 3.8) is 0 Å². The number of ether oxygens (including phenoxy) is 2. The van der Waals surface area contributed by atoms with Crippen LogP contribution in [0.5, 0.6) is 0 Å². The van der Waals surface area contributed by atoms with E-state index in [-0.39, 0.29) is 0 Å². The molecule has 0 radical (unpaired) electrons. The molecule has 0 saturated heterocycles.